The molecule has 0 aliphatic heterocycles. The van der Waals surface area contributed by atoms with Crippen LogP contribution < -0.4 is 5.32 Å². The largest absolute Gasteiger partial charge is 0.351 e. The zero-order valence-corrected chi connectivity index (χ0v) is 10.5. The van der Waals surface area contributed by atoms with Gasteiger partial charge in [-0.3, -0.25) is 4.79 Å². The summed E-state index contributed by atoms with van der Waals surface area (Å²) in [5.41, 5.74) is 0.756. The van der Waals surface area contributed by atoms with Crippen molar-refractivity contribution in [1.29, 1.82) is 0 Å². The molecule has 0 saturated heterocycles. The van der Waals surface area contributed by atoms with E-state index in [2.05, 4.69) is 28.2 Å². The van der Waals surface area contributed by atoms with Gasteiger partial charge in [-0.05, 0) is 17.9 Å². The van der Waals surface area contributed by atoms with Crippen LogP contribution in [0.3, 0.4) is 0 Å². The van der Waals surface area contributed by atoms with E-state index in [0.29, 0.717) is 11.4 Å². The van der Waals surface area contributed by atoms with Crippen molar-refractivity contribution in [3.8, 4) is 0 Å². The van der Waals surface area contributed by atoms with Crippen molar-refractivity contribution < 1.29 is 4.79 Å². The molecule has 0 aliphatic rings. The number of hydrogen-bond acceptors (Lipinski definition) is 2. The van der Waals surface area contributed by atoms with Crippen LogP contribution >= 0.6 is 27.3 Å². The molecule has 1 heterocycles. The lowest BCUT2D eigenvalue weighted by molar-refractivity contribution is 0.0954. The normalized spacial score (nSPS) is 12.4. The van der Waals surface area contributed by atoms with Gasteiger partial charge in [0.1, 0.15) is 0 Å². The van der Waals surface area contributed by atoms with Gasteiger partial charge in [0.15, 0.2) is 0 Å². The van der Waals surface area contributed by atoms with Crippen LogP contribution in [0.1, 0.15) is 30.1 Å². The van der Waals surface area contributed by atoms with E-state index in [1.165, 1.54) is 11.3 Å². The van der Waals surface area contributed by atoms with Crippen molar-refractivity contribution in [3.05, 3.63) is 22.4 Å². The Morgan fingerprint density at radius 3 is 3.07 bits per heavy atom. The van der Waals surface area contributed by atoms with Crippen LogP contribution in [0, 0.1) is 0 Å². The number of thiophene rings is 1. The van der Waals surface area contributed by atoms with E-state index in [1.807, 2.05) is 16.8 Å². The van der Waals surface area contributed by atoms with Gasteiger partial charge in [0.05, 0.1) is 0 Å². The summed E-state index contributed by atoms with van der Waals surface area (Å²) in [7, 11) is 0. The van der Waals surface area contributed by atoms with Gasteiger partial charge >= 0.3 is 0 Å². The first-order valence-electron chi connectivity index (χ1n) is 4.68. The molecule has 1 rings (SSSR count). The summed E-state index contributed by atoms with van der Waals surface area (Å²) in [5.74, 6) is 0.0202. The number of carbonyl (C=O) groups excluding carboxylic acids is 1. The predicted molar refractivity (Wildman–Crippen MR) is 64.3 cm³/mol. The molecule has 1 unspecified atom stereocenters. The van der Waals surface area contributed by atoms with Crippen molar-refractivity contribution in [2.75, 3.05) is 6.54 Å². The third-order valence-corrected chi connectivity index (χ3v) is 3.33. The van der Waals surface area contributed by atoms with Gasteiger partial charge in [-0.1, -0.05) is 29.3 Å². The van der Waals surface area contributed by atoms with Gasteiger partial charge < -0.3 is 5.32 Å². The molecule has 0 spiro atoms. The highest BCUT2D eigenvalue weighted by molar-refractivity contribution is 9.09. The molecular formula is C10H14BrNOS. The van der Waals surface area contributed by atoms with Gasteiger partial charge in [0.2, 0.25) is 0 Å². The zero-order chi connectivity index (χ0) is 10.4. The Morgan fingerprint density at radius 2 is 2.50 bits per heavy atom. The molecule has 0 aromatic carbocycles. The topological polar surface area (TPSA) is 29.1 Å². The summed E-state index contributed by atoms with van der Waals surface area (Å²) < 4.78 is 0. The molecule has 0 bridgehead atoms. The van der Waals surface area contributed by atoms with Gasteiger partial charge in [-0.25, -0.2) is 0 Å². The number of hydrogen-bond donors (Lipinski definition) is 1. The van der Waals surface area contributed by atoms with Crippen molar-refractivity contribution in [3.63, 3.8) is 0 Å². The van der Waals surface area contributed by atoms with Crippen LogP contribution in [0.5, 0.6) is 0 Å². The van der Waals surface area contributed by atoms with Crippen LogP contribution in [0.2, 0.25) is 0 Å². The predicted octanol–water partition coefficient (Wildman–Crippen LogP) is 3.04. The van der Waals surface area contributed by atoms with E-state index in [9.17, 15) is 4.79 Å². The number of alkyl halides is 1. The quantitative estimate of drug-likeness (QED) is 0.823. The molecule has 0 radical (unpaired) electrons. The molecule has 1 atom stereocenters. The fourth-order valence-corrected chi connectivity index (χ4v) is 2.37. The fraction of sp³-hybridized carbons (Fsp3) is 0.500. The average Bonchev–Trinajstić information content (AvgIpc) is 2.67. The number of nitrogens with one attached hydrogen (secondary N) is 1. The van der Waals surface area contributed by atoms with E-state index in [4.69, 9.17) is 0 Å². The van der Waals surface area contributed by atoms with Crippen LogP contribution in [-0.2, 0) is 0 Å². The summed E-state index contributed by atoms with van der Waals surface area (Å²) in [5, 5.41) is 6.66. The Balaban J connectivity index is 2.28. The second kappa shape index (κ2) is 6.19. The molecule has 1 N–H and O–H groups in total. The molecule has 14 heavy (non-hydrogen) atoms. The summed E-state index contributed by atoms with van der Waals surface area (Å²) in [6, 6.07) is 1.84. The Labute approximate surface area is 96.8 Å². The molecule has 0 saturated carbocycles. The average molecular weight is 276 g/mol. The molecular weight excluding hydrogens is 262 g/mol. The summed E-state index contributed by atoms with van der Waals surface area (Å²) in [6.07, 6.45) is 2.22. The standard InChI is InChI=1S/C10H14BrNOS/c1-2-3-9(11)6-12-10(13)8-4-5-14-7-8/h4-5,7,9H,2-3,6H2,1H3,(H,12,13). The SMILES string of the molecule is CCCC(Br)CNC(=O)c1ccsc1. The lowest BCUT2D eigenvalue weighted by Crippen LogP contribution is -2.29. The highest BCUT2D eigenvalue weighted by atomic mass is 79.9. The first kappa shape index (κ1) is 11.7. The monoisotopic (exact) mass is 275 g/mol. The van der Waals surface area contributed by atoms with E-state index in [-0.39, 0.29) is 5.91 Å². The second-order valence-corrected chi connectivity index (χ2v) is 5.18. The Bertz CT molecular complexity index is 274. The van der Waals surface area contributed by atoms with Gasteiger partial charge in [0, 0.05) is 22.3 Å². The van der Waals surface area contributed by atoms with Crippen LogP contribution in [0.15, 0.2) is 16.8 Å². The van der Waals surface area contributed by atoms with Crippen LogP contribution in [0.4, 0.5) is 0 Å². The number of carbonyl (C=O) groups is 1. The second-order valence-electron chi connectivity index (χ2n) is 3.11. The van der Waals surface area contributed by atoms with Crippen molar-refractivity contribution in [1.82, 2.24) is 5.32 Å². The van der Waals surface area contributed by atoms with Crippen molar-refractivity contribution >= 4 is 33.2 Å². The summed E-state index contributed by atoms with van der Waals surface area (Å²) in [4.78, 5) is 11.9. The maximum Gasteiger partial charge on any atom is 0.252 e. The van der Waals surface area contributed by atoms with Gasteiger partial charge in [-0.2, -0.15) is 11.3 Å². The highest BCUT2D eigenvalue weighted by Crippen LogP contribution is 2.08. The zero-order valence-electron chi connectivity index (χ0n) is 8.13. The molecule has 0 fully saturated rings. The van der Waals surface area contributed by atoms with E-state index < -0.39 is 0 Å². The minimum Gasteiger partial charge on any atom is -0.351 e. The fourth-order valence-electron chi connectivity index (χ4n) is 1.11. The minimum atomic E-state index is 0.0202. The van der Waals surface area contributed by atoms with Gasteiger partial charge in [0.25, 0.3) is 5.91 Å². The third kappa shape index (κ3) is 3.80. The first-order valence-corrected chi connectivity index (χ1v) is 6.54. The molecule has 2 nitrogen and oxygen atoms in total. The molecule has 78 valence electrons. The Hall–Kier alpha value is -0.350. The maximum atomic E-state index is 11.5. The van der Waals surface area contributed by atoms with E-state index in [1.54, 1.807) is 0 Å². The molecule has 1 aromatic heterocycles. The van der Waals surface area contributed by atoms with Crippen LogP contribution in [0.25, 0.3) is 0 Å². The number of rotatable bonds is 5. The Kier molecular flexibility index (Phi) is 5.19. The summed E-state index contributed by atoms with van der Waals surface area (Å²) in [6.45, 7) is 2.83. The number of amides is 1. The molecule has 1 amide bonds. The Morgan fingerprint density at radius 1 is 1.71 bits per heavy atom. The maximum absolute atomic E-state index is 11.5. The van der Waals surface area contributed by atoms with Crippen molar-refractivity contribution in [2.45, 2.75) is 24.6 Å². The highest BCUT2D eigenvalue weighted by Gasteiger charge is 2.07. The first-order chi connectivity index (χ1) is 6.74. The molecule has 1 aromatic rings. The van der Waals surface area contributed by atoms with Crippen LogP contribution in [-0.4, -0.2) is 17.3 Å². The molecule has 0 aliphatic carbocycles. The van der Waals surface area contributed by atoms with Gasteiger partial charge in [-0.15, -0.1) is 0 Å². The lowest BCUT2D eigenvalue weighted by Gasteiger charge is -2.08. The molecule has 4 heteroatoms. The van der Waals surface area contributed by atoms with E-state index in [0.717, 1.165) is 18.4 Å². The van der Waals surface area contributed by atoms with Crippen molar-refractivity contribution in [2.24, 2.45) is 0 Å². The third-order valence-electron chi connectivity index (χ3n) is 1.87. The lowest BCUT2D eigenvalue weighted by atomic mass is 10.2. The number of halogens is 1. The summed E-state index contributed by atoms with van der Waals surface area (Å²) >= 11 is 5.06. The van der Waals surface area contributed by atoms with E-state index >= 15 is 0 Å². The smallest absolute Gasteiger partial charge is 0.252 e. The minimum absolute atomic E-state index is 0.0202.